The number of rotatable bonds is 9. The average molecular weight is 300 g/mol. The summed E-state index contributed by atoms with van der Waals surface area (Å²) in [7, 11) is 1.65. The van der Waals surface area contributed by atoms with Gasteiger partial charge in [0.05, 0.1) is 11.6 Å². The van der Waals surface area contributed by atoms with Crippen molar-refractivity contribution in [2.45, 2.75) is 51.4 Å². The minimum Gasteiger partial charge on any atom is -0.393 e. The molecule has 0 aromatic heterocycles. The maximum absolute atomic E-state index is 12.3. The van der Waals surface area contributed by atoms with Crippen molar-refractivity contribution in [1.29, 1.82) is 0 Å². The van der Waals surface area contributed by atoms with Crippen molar-refractivity contribution >= 4 is 23.1 Å². The molecule has 0 atom stereocenters. The van der Waals surface area contributed by atoms with E-state index in [0.717, 1.165) is 12.3 Å². The van der Waals surface area contributed by atoms with Gasteiger partial charge in [-0.3, -0.25) is 4.79 Å². The van der Waals surface area contributed by atoms with E-state index in [1.54, 1.807) is 7.11 Å². The lowest BCUT2D eigenvalue weighted by atomic mass is 9.86. The molecule has 116 valence electrons. The Morgan fingerprint density at radius 3 is 2.55 bits per heavy atom. The van der Waals surface area contributed by atoms with Gasteiger partial charge in [-0.05, 0) is 12.3 Å². The first-order valence-electron chi connectivity index (χ1n) is 7.68. The number of carbonyl (C=O) groups excluding carboxylic acids is 1. The van der Waals surface area contributed by atoms with Crippen molar-refractivity contribution in [3.8, 4) is 0 Å². The number of carbonyl (C=O) groups is 1. The molecule has 0 radical (unpaired) electrons. The Kier molecular flexibility index (Phi) is 8.78. The van der Waals surface area contributed by atoms with Gasteiger partial charge in [-0.25, -0.2) is 0 Å². The first-order valence-corrected chi connectivity index (χ1v) is 8.09. The van der Waals surface area contributed by atoms with Crippen molar-refractivity contribution in [2.24, 2.45) is 11.7 Å². The van der Waals surface area contributed by atoms with Crippen molar-refractivity contribution in [3.63, 3.8) is 0 Å². The number of amides is 1. The van der Waals surface area contributed by atoms with Crippen LogP contribution in [0.15, 0.2) is 0 Å². The number of nitrogens with zero attached hydrogens (tertiary/aromatic N) is 1. The zero-order chi connectivity index (χ0) is 14.8. The summed E-state index contributed by atoms with van der Waals surface area (Å²) in [6.07, 6.45) is 8.85. The van der Waals surface area contributed by atoms with Crippen LogP contribution in [0.1, 0.15) is 51.4 Å². The summed E-state index contributed by atoms with van der Waals surface area (Å²) in [5.41, 5.74) is 5.52. The van der Waals surface area contributed by atoms with Gasteiger partial charge in [-0.2, -0.15) is 0 Å². The van der Waals surface area contributed by atoms with Crippen LogP contribution >= 0.6 is 12.2 Å². The lowest BCUT2D eigenvalue weighted by Gasteiger charge is -2.25. The predicted octanol–water partition coefficient (Wildman–Crippen LogP) is 2.50. The zero-order valence-corrected chi connectivity index (χ0v) is 13.4. The molecule has 1 aliphatic rings. The van der Waals surface area contributed by atoms with Crippen LogP contribution in [0, 0.1) is 5.92 Å². The molecule has 1 fully saturated rings. The van der Waals surface area contributed by atoms with Crippen LogP contribution in [-0.2, 0) is 9.53 Å². The zero-order valence-electron chi connectivity index (χ0n) is 12.6. The fraction of sp³-hybridized carbons (Fsp3) is 0.867. The van der Waals surface area contributed by atoms with Gasteiger partial charge in [0, 0.05) is 33.0 Å². The largest absolute Gasteiger partial charge is 0.393 e. The first kappa shape index (κ1) is 17.4. The Balaban J connectivity index is 2.34. The second-order valence-electron chi connectivity index (χ2n) is 5.63. The highest BCUT2D eigenvalue weighted by Gasteiger charge is 2.18. The third-order valence-corrected chi connectivity index (χ3v) is 4.24. The standard InChI is InChI=1S/C15H28N2O2S/c1-19-12-11-17(10-9-14(16)20)15(18)8-7-13-5-3-2-4-6-13/h13H,2-12H2,1H3,(H2,16,20). The van der Waals surface area contributed by atoms with Crippen LogP contribution in [0.5, 0.6) is 0 Å². The molecule has 4 nitrogen and oxygen atoms in total. The Hall–Kier alpha value is -0.680. The average Bonchev–Trinajstić information content (AvgIpc) is 2.45. The van der Waals surface area contributed by atoms with E-state index < -0.39 is 0 Å². The molecule has 1 rings (SSSR count). The number of thiocarbonyl (C=S) groups is 1. The Morgan fingerprint density at radius 2 is 1.95 bits per heavy atom. The van der Waals surface area contributed by atoms with E-state index in [-0.39, 0.29) is 5.91 Å². The van der Waals surface area contributed by atoms with Crippen molar-refractivity contribution in [1.82, 2.24) is 4.90 Å². The van der Waals surface area contributed by atoms with E-state index in [1.165, 1.54) is 32.1 Å². The Labute approximate surface area is 128 Å². The third-order valence-electron chi connectivity index (χ3n) is 4.04. The monoisotopic (exact) mass is 300 g/mol. The lowest BCUT2D eigenvalue weighted by Crippen LogP contribution is -2.36. The fourth-order valence-corrected chi connectivity index (χ4v) is 2.86. The molecular formula is C15H28N2O2S. The SMILES string of the molecule is COCCN(CCC(N)=S)C(=O)CCC1CCCCC1. The quantitative estimate of drug-likeness (QED) is 0.665. The fourth-order valence-electron chi connectivity index (χ4n) is 2.77. The van der Waals surface area contributed by atoms with E-state index in [9.17, 15) is 4.79 Å². The minimum atomic E-state index is 0.212. The summed E-state index contributed by atoms with van der Waals surface area (Å²) in [6, 6.07) is 0. The van der Waals surface area contributed by atoms with Crippen molar-refractivity contribution < 1.29 is 9.53 Å². The number of nitrogens with two attached hydrogens (primary N) is 1. The molecule has 5 heteroatoms. The summed E-state index contributed by atoms with van der Waals surface area (Å²) < 4.78 is 5.07. The molecule has 0 heterocycles. The molecular weight excluding hydrogens is 272 g/mol. The van der Waals surface area contributed by atoms with Gasteiger partial charge in [0.15, 0.2) is 0 Å². The molecule has 1 amide bonds. The molecule has 0 unspecified atom stereocenters. The van der Waals surface area contributed by atoms with E-state index in [1.807, 2.05) is 4.90 Å². The van der Waals surface area contributed by atoms with E-state index in [4.69, 9.17) is 22.7 Å². The van der Waals surface area contributed by atoms with Gasteiger partial charge in [0.1, 0.15) is 0 Å². The number of methoxy groups -OCH3 is 1. The van der Waals surface area contributed by atoms with Gasteiger partial charge in [0.2, 0.25) is 5.91 Å². The molecule has 0 aromatic rings. The number of hydrogen-bond acceptors (Lipinski definition) is 3. The minimum absolute atomic E-state index is 0.212. The number of ether oxygens (including phenoxy) is 1. The summed E-state index contributed by atoms with van der Waals surface area (Å²) in [5, 5.41) is 0. The van der Waals surface area contributed by atoms with Gasteiger partial charge < -0.3 is 15.4 Å². The molecule has 0 saturated heterocycles. The lowest BCUT2D eigenvalue weighted by molar-refractivity contribution is -0.132. The smallest absolute Gasteiger partial charge is 0.222 e. The van der Waals surface area contributed by atoms with Gasteiger partial charge in [-0.1, -0.05) is 44.3 Å². The molecule has 2 N–H and O–H groups in total. The van der Waals surface area contributed by atoms with Crippen LogP contribution in [0.25, 0.3) is 0 Å². The second kappa shape index (κ2) is 10.1. The molecule has 1 saturated carbocycles. The van der Waals surface area contributed by atoms with Crippen molar-refractivity contribution in [2.75, 3.05) is 26.8 Å². The molecule has 0 bridgehead atoms. The van der Waals surface area contributed by atoms with Gasteiger partial charge in [-0.15, -0.1) is 0 Å². The van der Waals surface area contributed by atoms with Gasteiger partial charge in [0.25, 0.3) is 0 Å². The Morgan fingerprint density at radius 1 is 1.25 bits per heavy atom. The number of hydrogen-bond donors (Lipinski definition) is 1. The molecule has 0 aromatic carbocycles. The van der Waals surface area contributed by atoms with Crippen LogP contribution < -0.4 is 5.73 Å². The highest BCUT2D eigenvalue weighted by molar-refractivity contribution is 7.80. The Bertz CT molecular complexity index is 304. The van der Waals surface area contributed by atoms with Crippen LogP contribution in [-0.4, -0.2) is 42.6 Å². The maximum atomic E-state index is 12.3. The van der Waals surface area contributed by atoms with Crippen LogP contribution in [0.4, 0.5) is 0 Å². The van der Waals surface area contributed by atoms with E-state index in [0.29, 0.717) is 37.5 Å². The normalized spacial score (nSPS) is 16.1. The van der Waals surface area contributed by atoms with Crippen LogP contribution in [0.2, 0.25) is 0 Å². The highest BCUT2D eigenvalue weighted by atomic mass is 32.1. The van der Waals surface area contributed by atoms with Crippen molar-refractivity contribution in [3.05, 3.63) is 0 Å². The summed E-state index contributed by atoms with van der Waals surface area (Å²) >= 11 is 4.89. The van der Waals surface area contributed by atoms with E-state index >= 15 is 0 Å². The summed E-state index contributed by atoms with van der Waals surface area (Å²) in [5.74, 6) is 0.955. The third kappa shape index (κ3) is 7.20. The van der Waals surface area contributed by atoms with E-state index in [2.05, 4.69) is 0 Å². The predicted molar refractivity (Wildman–Crippen MR) is 85.7 cm³/mol. The molecule has 0 spiro atoms. The topological polar surface area (TPSA) is 55.6 Å². The molecule has 0 aliphatic heterocycles. The second-order valence-corrected chi connectivity index (χ2v) is 6.16. The highest BCUT2D eigenvalue weighted by Crippen LogP contribution is 2.27. The summed E-state index contributed by atoms with van der Waals surface area (Å²) in [6.45, 7) is 1.80. The van der Waals surface area contributed by atoms with Gasteiger partial charge >= 0.3 is 0 Å². The maximum Gasteiger partial charge on any atom is 0.222 e. The summed E-state index contributed by atoms with van der Waals surface area (Å²) in [4.78, 5) is 14.6. The first-order chi connectivity index (χ1) is 9.63. The molecule has 20 heavy (non-hydrogen) atoms. The molecule has 1 aliphatic carbocycles. The van der Waals surface area contributed by atoms with Crippen LogP contribution in [0.3, 0.4) is 0 Å².